The predicted molar refractivity (Wildman–Crippen MR) is 77.5 cm³/mol. The highest BCUT2D eigenvalue weighted by molar-refractivity contribution is 6.76. The Hall–Kier alpha value is -0.883. The Kier molecular flexibility index (Phi) is 7.93. The summed E-state index contributed by atoms with van der Waals surface area (Å²) < 4.78 is 10.0. The zero-order valence-corrected chi connectivity index (χ0v) is 13.7. The van der Waals surface area contributed by atoms with Crippen molar-refractivity contribution in [1.29, 1.82) is 0 Å². The van der Waals surface area contributed by atoms with Gasteiger partial charge in [0.2, 0.25) is 0 Å². The topological polar surface area (TPSA) is 78.6 Å². The minimum absolute atomic E-state index is 0.126. The van der Waals surface area contributed by atoms with Gasteiger partial charge in [-0.05, 0) is 12.0 Å². The van der Waals surface area contributed by atoms with Crippen molar-refractivity contribution >= 4 is 20.0 Å². The number of ether oxygens (including phenoxy) is 2. The standard InChI is InChI=1S/C13H27NO4Si/c1-10(2)9-18-12(15)8-11(14)13(16)17-6-7-19(3,4)5/h10-11H,6-9,14H2,1-5H3/t11-/m0/s1. The second-order valence-corrected chi connectivity index (χ2v) is 12.0. The van der Waals surface area contributed by atoms with E-state index in [-0.39, 0.29) is 12.3 Å². The molecule has 0 aromatic carbocycles. The highest BCUT2D eigenvalue weighted by Gasteiger charge is 2.21. The fourth-order valence-corrected chi connectivity index (χ4v) is 1.86. The lowest BCUT2D eigenvalue weighted by Crippen LogP contribution is -2.36. The van der Waals surface area contributed by atoms with E-state index in [4.69, 9.17) is 15.2 Å². The molecule has 0 heterocycles. The van der Waals surface area contributed by atoms with Crippen molar-refractivity contribution in [1.82, 2.24) is 0 Å². The van der Waals surface area contributed by atoms with Gasteiger partial charge in [-0.25, -0.2) is 0 Å². The van der Waals surface area contributed by atoms with Crippen LogP contribution in [0, 0.1) is 5.92 Å². The summed E-state index contributed by atoms with van der Waals surface area (Å²) in [5.74, 6) is -0.716. The molecule has 112 valence electrons. The Morgan fingerprint density at radius 3 is 2.21 bits per heavy atom. The van der Waals surface area contributed by atoms with Crippen LogP contribution >= 0.6 is 0 Å². The molecule has 0 spiro atoms. The second-order valence-electron chi connectivity index (χ2n) is 6.37. The third-order valence-corrected chi connectivity index (χ3v) is 4.07. The third kappa shape index (κ3) is 10.7. The molecule has 0 aromatic heterocycles. The first kappa shape index (κ1) is 18.1. The average Bonchev–Trinajstić information content (AvgIpc) is 2.24. The van der Waals surface area contributed by atoms with Gasteiger partial charge in [0, 0.05) is 8.07 Å². The van der Waals surface area contributed by atoms with E-state index in [1.807, 2.05) is 13.8 Å². The molecule has 0 aliphatic rings. The fraction of sp³-hybridized carbons (Fsp3) is 0.846. The van der Waals surface area contributed by atoms with Crippen LogP contribution < -0.4 is 5.73 Å². The molecule has 0 aromatic rings. The fourth-order valence-electron chi connectivity index (χ4n) is 1.15. The Labute approximate surface area is 116 Å². The Morgan fingerprint density at radius 1 is 1.16 bits per heavy atom. The summed E-state index contributed by atoms with van der Waals surface area (Å²) in [6.45, 7) is 11.2. The van der Waals surface area contributed by atoms with Gasteiger partial charge >= 0.3 is 11.9 Å². The maximum Gasteiger partial charge on any atom is 0.323 e. The molecule has 0 saturated heterocycles. The van der Waals surface area contributed by atoms with Gasteiger partial charge in [0.15, 0.2) is 0 Å². The Balaban J connectivity index is 3.90. The second kappa shape index (κ2) is 8.32. The van der Waals surface area contributed by atoms with Crippen LogP contribution in [0.4, 0.5) is 0 Å². The number of hydrogen-bond acceptors (Lipinski definition) is 5. The van der Waals surface area contributed by atoms with Crippen molar-refractivity contribution in [3.8, 4) is 0 Å². The number of carbonyl (C=O) groups excluding carboxylic acids is 2. The molecule has 5 nitrogen and oxygen atoms in total. The first-order chi connectivity index (χ1) is 8.61. The summed E-state index contributed by atoms with van der Waals surface area (Å²) >= 11 is 0. The van der Waals surface area contributed by atoms with E-state index in [1.54, 1.807) is 0 Å². The summed E-state index contributed by atoms with van der Waals surface area (Å²) in [4.78, 5) is 23.0. The molecule has 2 N–H and O–H groups in total. The van der Waals surface area contributed by atoms with E-state index in [1.165, 1.54) is 0 Å². The zero-order valence-electron chi connectivity index (χ0n) is 12.7. The summed E-state index contributed by atoms with van der Waals surface area (Å²) in [5.41, 5.74) is 5.61. The largest absolute Gasteiger partial charge is 0.465 e. The normalized spacial score (nSPS) is 13.2. The molecule has 0 radical (unpaired) electrons. The van der Waals surface area contributed by atoms with Crippen molar-refractivity contribution in [2.75, 3.05) is 13.2 Å². The van der Waals surface area contributed by atoms with Crippen LogP contribution in [0.3, 0.4) is 0 Å². The van der Waals surface area contributed by atoms with Gasteiger partial charge in [0.05, 0.1) is 19.6 Å². The number of nitrogens with two attached hydrogens (primary N) is 1. The molecule has 0 aliphatic heterocycles. The minimum Gasteiger partial charge on any atom is -0.465 e. The van der Waals surface area contributed by atoms with Crippen LogP contribution in [0.25, 0.3) is 0 Å². The lowest BCUT2D eigenvalue weighted by molar-refractivity contribution is -0.152. The average molecular weight is 289 g/mol. The Morgan fingerprint density at radius 2 is 1.74 bits per heavy atom. The van der Waals surface area contributed by atoms with Gasteiger partial charge in [-0.3, -0.25) is 9.59 Å². The van der Waals surface area contributed by atoms with Crippen molar-refractivity contribution in [3.05, 3.63) is 0 Å². The van der Waals surface area contributed by atoms with Gasteiger partial charge < -0.3 is 15.2 Å². The van der Waals surface area contributed by atoms with Crippen LogP contribution in [0.1, 0.15) is 20.3 Å². The summed E-state index contributed by atoms with van der Waals surface area (Å²) in [6.07, 6.45) is -0.126. The third-order valence-electron chi connectivity index (χ3n) is 2.36. The number of esters is 2. The van der Waals surface area contributed by atoms with Crippen LogP contribution in [0.5, 0.6) is 0 Å². The molecule has 1 atom stereocenters. The minimum atomic E-state index is -1.23. The van der Waals surface area contributed by atoms with E-state index in [0.29, 0.717) is 13.2 Å². The van der Waals surface area contributed by atoms with Crippen molar-refractivity contribution in [2.45, 2.75) is 52.0 Å². The van der Waals surface area contributed by atoms with Gasteiger partial charge in [0.25, 0.3) is 0 Å². The number of carbonyl (C=O) groups is 2. The van der Waals surface area contributed by atoms with Crippen molar-refractivity contribution in [3.63, 3.8) is 0 Å². The first-order valence-corrected chi connectivity index (χ1v) is 10.4. The van der Waals surface area contributed by atoms with Gasteiger partial charge in [0.1, 0.15) is 6.04 Å². The van der Waals surface area contributed by atoms with E-state index in [9.17, 15) is 9.59 Å². The van der Waals surface area contributed by atoms with Crippen LogP contribution in [0.15, 0.2) is 0 Å². The van der Waals surface area contributed by atoms with Gasteiger partial charge in [-0.1, -0.05) is 33.5 Å². The summed E-state index contributed by atoms with van der Waals surface area (Å²) in [7, 11) is -1.23. The molecule has 0 unspecified atom stereocenters. The molecule has 0 bridgehead atoms. The molecule has 0 rings (SSSR count). The molecule has 19 heavy (non-hydrogen) atoms. The zero-order chi connectivity index (χ0) is 15.1. The molecule has 0 amide bonds. The van der Waals surface area contributed by atoms with Gasteiger partial charge in [-0.15, -0.1) is 0 Å². The van der Waals surface area contributed by atoms with E-state index in [2.05, 4.69) is 19.6 Å². The maximum absolute atomic E-state index is 11.6. The molecular formula is C13H27NO4Si. The Bertz CT molecular complexity index is 300. The molecule has 6 heteroatoms. The highest BCUT2D eigenvalue weighted by Crippen LogP contribution is 2.08. The molecule has 0 saturated carbocycles. The van der Waals surface area contributed by atoms with E-state index in [0.717, 1.165) is 6.04 Å². The van der Waals surface area contributed by atoms with Crippen LogP contribution in [-0.4, -0.2) is 39.3 Å². The van der Waals surface area contributed by atoms with Crippen molar-refractivity contribution in [2.24, 2.45) is 11.7 Å². The highest BCUT2D eigenvalue weighted by atomic mass is 28.3. The number of hydrogen-bond donors (Lipinski definition) is 1. The van der Waals surface area contributed by atoms with Crippen LogP contribution in [-0.2, 0) is 19.1 Å². The predicted octanol–water partition coefficient (Wildman–Crippen LogP) is 1.78. The lowest BCUT2D eigenvalue weighted by Gasteiger charge is -2.17. The summed E-state index contributed by atoms with van der Waals surface area (Å²) in [6, 6.07) is -0.0372. The summed E-state index contributed by atoms with van der Waals surface area (Å²) in [5, 5.41) is 0. The monoisotopic (exact) mass is 289 g/mol. The molecule has 0 fully saturated rings. The van der Waals surface area contributed by atoms with Gasteiger partial charge in [-0.2, -0.15) is 0 Å². The van der Waals surface area contributed by atoms with Crippen LogP contribution in [0.2, 0.25) is 25.7 Å². The van der Waals surface area contributed by atoms with E-state index >= 15 is 0 Å². The van der Waals surface area contributed by atoms with Crippen molar-refractivity contribution < 1.29 is 19.1 Å². The molecule has 0 aliphatic carbocycles. The quantitative estimate of drug-likeness (QED) is 0.544. The maximum atomic E-state index is 11.6. The van der Waals surface area contributed by atoms with E-state index < -0.39 is 26.1 Å². The first-order valence-electron chi connectivity index (χ1n) is 6.69. The SMILES string of the molecule is CC(C)COC(=O)C[C@H](N)C(=O)OCC[Si](C)(C)C. The lowest BCUT2D eigenvalue weighted by atomic mass is 10.2. The number of rotatable bonds is 8. The molecular weight excluding hydrogens is 262 g/mol. The smallest absolute Gasteiger partial charge is 0.323 e.